The molecular weight excluding hydrogens is 270 g/mol. The Morgan fingerprint density at radius 2 is 2.05 bits per heavy atom. The van der Waals surface area contributed by atoms with Crippen molar-refractivity contribution in [1.82, 2.24) is 0 Å². The number of hydrogen-bond acceptors (Lipinski definition) is 2. The van der Waals surface area contributed by atoms with Crippen LogP contribution in [0, 0.1) is 11.8 Å². The lowest BCUT2D eigenvalue weighted by atomic mass is 9.91. The minimum absolute atomic E-state index is 0.148. The molecule has 3 rings (SSSR count). The van der Waals surface area contributed by atoms with E-state index >= 15 is 0 Å². The van der Waals surface area contributed by atoms with Crippen molar-refractivity contribution >= 4 is 12.0 Å². The summed E-state index contributed by atoms with van der Waals surface area (Å²) in [5, 5.41) is 0. The van der Waals surface area contributed by atoms with Crippen LogP contribution in [-0.4, -0.2) is 18.5 Å². The molecule has 1 aliphatic carbocycles. The molecule has 1 aromatic carbocycles. The van der Waals surface area contributed by atoms with E-state index in [9.17, 15) is 4.79 Å². The summed E-state index contributed by atoms with van der Waals surface area (Å²) in [5.74, 6) is 1.81. The van der Waals surface area contributed by atoms with Crippen molar-refractivity contribution < 1.29 is 4.79 Å². The van der Waals surface area contributed by atoms with Gasteiger partial charge in [0.05, 0.1) is 0 Å². The summed E-state index contributed by atoms with van der Waals surface area (Å²) in [7, 11) is 0. The highest BCUT2D eigenvalue weighted by molar-refractivity contribution is 5.94. The largest absolute Gasteiger partial charge is 0.295 e. The van der Waals surface area contributed by atoms with Crippen LogP contribution in [0.3, 0.4) is 0 Å². The Balaban J connectivity index is 1.49. The summed E-state index contributed by atoms with van der Waals surface area (Å²) < 4.78 is 0. The number of allylic oxidation sites excluding steroid dienone is 1. The van der Waals surface area contributed by atoms with Crippen molar-refractivity contribution in [2.45, 2.75) is 45.4 Å². The molecule has 0 aromatic heterocycles. The van der Waals surface area contributed by atoms with Crippen LogP contribution in [0.4, 0.5) is 0 Å². The van der Waals surface area contributed by atoms with Gasteiger partial charge in [-0.15, -0.1) is 0 Å². The molecule has 0 amide bonds. The Kier molecular flexibility index (Phi) is 4.87. The van der Waals surface area contributed by atoms with Crippen LogP contribution >= 0.6 is 0 Å². The van der Waals surface area contributed by atoms with Gasteiger partial charge in [-0.25, -0.2) is 0 Å². The molecule has 2 heteroatoms. The number of carbonyl (C=O) groups excluding carboxylic acids is 1. The second-order valence-electron chi connectivity index (χ2n) is 6.71. The molecule has 1 fully saturated rings. The molecule has 1 aromatic rings. The number of rotatable bonds is 5. The second-order valence-corrected chi connectivity index (χ2v) is 6.71. The van der Waals surface area contributed by atoms with Gasteiger partial charge in [0, 0.05) is 18.3 Å². The van der Waals surface area contributed by atoms with Gasteiger partial charge < -0.3 is 0 Å². The molecule has 22 heavy (non-hydrogen) atoms. The Bertz CT molecular complexity index is 582. The molecule has 2 atom stereocenters. The van der Waals surface area contributed by atoms with Gasteiger partial charge in [0.2, 0.25) is 0 Å². The van der Waals surface area contributed by atoms with Gasteiger partial charge in [-0.3, -0.25) is 9.79 Å². The van der Waals surface area contributed by atoms with E-state index in [-0.39, 0.29) is 5.78 Å². The van der Waals surface area contributed by atoms with Crippen molar-refractivity contribution in [3.63, 3.8) is 0 Å². The average molecular weight is 295 g/mol. The van der Waals surface area contributed by atoms with Gasteiger partial charge in [0.1, 0.15) is 0 Å². The highest BCUT2D eigenvalue weighted by Crippen LogP contribution is 2.39. The number of benzene rings is 1. The van der Waals surface area contributed by atoms with E-state index < -0.39 is 0 Å². The third kappa shape index (κ3) is 3.73. The minimum Gasteiger partial charge on any atom is -0.295 e. The van der Waals surface area contributed by atoms with Gasteiger partial charge >= 0.3 is 0 Å². The van der Waals surface area contributed by atoms with Crippen LogP contribution in [0.15, 0.2) is 40.9 Å². The Labute approximate surface area is 133 Å². The number of aliphatic imine (C=N–C) groups is 1. The van der Waals surface area contributed by atoms with Crippen LogP contribution in [0.5, 0.6) is 0 Å². The van der Waals surface area contributed by atoms with Gasteiger partial charge in [0.15, 0.2) is 5.78 Å². The van der Waals surface area contributed by atoms with E-state index in [1.165, 1.54) is 37.7 Å². The second kappa shape index (κ2) is 7.04. The van der Waals surface area contributed by atoms with E-state index in [4.69, 9.17) is 0 Å². The monoisotopic (exact) mass is 295 g/mol. The molecule has 0 bridgehead atoms. The maximum absolute atomic E-state index is 11.3. The fourth-order valence-corrected chi connectivity index (χ4v) is 3.79. The zero-order valence-corrected chi connectivity index (χ0v) is 13.4. The summed E-state index contributed by atoms with van der Waals surface area (Å²) in [6.07, 6.45) is 11.9. The maximum Gasteiger partial charge on any atom is 0.159 e. The molecule has 116 valence electrons. The lowest BCUT2D eigenvalue weighted by molar-refractivity contribution is 0.101. The Morgan fingerprint density at radius 1 is 1.23 bits per heavy atom. The summed E-state index contributed by atoms with van der Waals surface area (Å²) in [5.41, 5.74) is 3.80. The molecule has 0 spiro atoms. The normalized spacial score (nSPS) is 24.3. The first-order chi connectivity index (χ1) is 10.7. The van der Waals surface area contributed by atoms with E-state index in [1.807, 2.05) is 18.3 Å². The van der Waals surface area contributed by atoms with Crippen molar-refractivity contribution in [1.29, 1.82) is 0 Å². The zero-order valence-electron chi connectivity index (χ0n) is 13.4. The molecular formula is C20H25NO. The summed E-state index contributed by atoms with van der Waals surface area (Å²) in [4.78, 5) is 15.6. The molecule has 0 N–H and O–H groups in total. The van der Waals surface area contributed by atoms with E-state index in [0.29, 0.717) is 0 Å². The first kappa shape index (κ1) is 15.2. The average Bonchev–Trinajstić information content (AvgIpc) is 3.03. The highest BCUT2D eigenvalue weighted by Gasteiger charge is 2.27. The quantitative estimate of drug-likeness (QED) is 0.728. The molecule has 2 nitrogen and oxygen atoms in total. The van der Waals surface area contributed by atoms with E-state index in [2.05, 4.69) is 23.2 Å². The fraction of sp³-hybridized carbons (Fsp3) is 0.500. The van der Waals surface area contributed by atoms with E-state index in [1.54, 1.807) is 12.5 Å². The maximum atomic E-state index is 11.3. The SMILES string of the molecule is CC(=O)c1ccc(CCC2CCC(C3=CC=NCC3)C2)cc1. The molecule has 1 saturated carbocycles. The molecule has 1 aliphatic heterocycles. The van der Waals surface area contributed by atoms with Gasteiger partial charge in [-0.05, 0) is 68.9 Å². The lowest BCUT2D eigenvalue weighted by Crippen LogP contribution is -2.06. The van der Waals surface area contributed by atoms with Gasteiger partial charge in [-0.2, -0.15) is 0 Å². The number of aryl methyl sites for hydroxylation is 1. The molecule has 0 radical (unpaired) electrons. The molecule has 1 heterocycles. The van der Waals surface area contributed by atoms with Crippen LogP contribution in [-0.2, 0) is 6.42 Å². The summed E-state index contributed by atoms with van der Waals surface area (Å²) >= 11 is 0. The fourth-order valence-electron chi connectivity index (χ4n) is 3.79. The topological polar surface area (TPSA) is 29.4 Å². The van der Waals surface area contributed by atoms with Crippen LogP contribution in [0.2, 0.25) is 0 Å². The number of hydrogen-bond donors (Lipinski definition) is 0. The third-order valence-electron chi connectivity index (χ3n) is 5.19. The van der Waals surface area contributed by atoms with Crippen molar-refractivity contribution in [2.75, 3.05) is 6.54 Å². The standard InChI is InChI=1S/C20H25NO/c1-15(22)18-7-4-16(5-8-18)2-3-17-6-9-20(14-17)19-10-12-21-13-11-19/h4-5,7-8,10,12,17,20H,2-3,6,9,11,13-14H2,1H3. The summed E-state index contributed by atoms with van der Waals surface area (Å²) in [6.45, 7) is 2.60. The first-order valence-electron chi connectivity index (χ1n) is 8.51. The highest BCUT2D eigenvalue weighted by atomic mass is 16.1. The van der Waals surface area contributed by atoms with Crippen LogP contribution in [0.25, 0.3) is 0 Å². The summed E-state index contributed by atoms with van der Waals surface area (Å²) in [6, 6.07) is 8.15. The van der Waals surface area contributed by atoms with Crippen LogP contribution < -0.4 is 0 Å². The first-order valence-corrected chi connectivity index (χ1v) is 8.51. The van der Waals surface area contributed by atoms with E-state index in [0.717, 1.165) is 30.4 Å². The van der Waals surface area contributed by atoms with Gasteiger partial charge in [-0.1, -0.05) is 29.8 Å². The Morgan fingerprint density at radius 3 is 2.73 bits per heavy atom. The van der Waals surface area contributed by atoms with Crippen molar-refractivity contribution in [3.8, 4) is 0 Å². The van der Waals surface area contributed by atoms with Crippen molar-refractivity contribution in [3.05, 3.63) is 47.0 Å². The number of ketones is 1. The van der Waals surface area contributed by atoms with Gasteiger partial charge in [0.25, 0.3) is 0 Å². The predicted octanol–water partition coefficient (Wildman–Crippen LogP) is 4.64. The van der Waals surface area contributed by atoms with Crippen molar-refractivity contribution in [2.24, 2.45) is 16.8 Å². The Hall–Kier alpha value is -1.70. The molecule has 2 unspecified atom stereocenters. The number of dihydropyridines is 1. The smallest absolute Gasteiger partial charge is 0.159 e. The third-order valence-corrected chi connectivity index (χ3v) is 5.19. The minimum atomic E-state index is 0.148. The number of nitrogens with zero attached hydrogens (tertiary/aromatic N) is 1. The molecule has 0 saturated heterocycles. The predicted molar refractivity (Wildman–Crippen MR) is 91.7 cm³/mol. The zero-order chi connectivity index (χ0) is 15.4. The van der Waals surface area contributed by atoms with Crippen LogP contribution in [0.1, 0.15) is 54.9 Å². The number of Topliss-reactive ketones (excluding diaryl/α,β-unsaturated/α-hetero) is 1. The molecule has 2 aliphatic rings. The number of carbonyl (C=O) groups is 1. The lowest BCUT2D eigenvalue weighted by Gasteiger charge is -2.16.